The van der Waals surface area contributed by atoms with Crippen molar-refractivity contribution < 1.29 is 19.6 Å². The third kappa shape index (κ3) is 6.43. The Bertz CT molecular complexity index is 1090. The molecule has 0 spiro atoms. The maximum absolute atomic E-state index is 12.1. The molecule has 0 saturated carbocycles. The highest BCUT2D eigenvalue weighted by molar-refractivity contribution is 7.09. The smallest absolute Gasteiger partial charge is 0.422 e. The normalized spacial score (nSPS) is 12.6. The van der Waals surface area contributed by atoms with Crippen LogP contribution in [0.2, 0.25) is 0 Å². The van der Waals surface area contributed by atoms with Crippen molar-refractivity contribution in [2.24, 2.45) is 0 Å². The fourth-order valence-electron chi connectivity index (χ4n) is 3.37. The van der Waals surface area contributed by atoms with Gasteiger partial charge in [0.2, 0.25) is 0 Å². The minimum atomic E-state index is -1.29. The number of hydrogen-bond donors (Lipinski definition) is 2. The van der Waals surface area contributed by atoms with Crippen molar-refractivity contribution in [1.82, 2.24) is 15.4 Å². The van der Waals surface area contributed by atoms with Crippen LogP contribution in [0.3, 0.4) is 0 Å². The first-order valence-electron chi connectivity index (χ1n) is 10.4. The average molecular weight is 469 g/mol. The van der Waals surface area contributed by atoms with Crippen molar-refractivity contribution in [1.29, 1.82) is 0 Å². The molecule has 3 rings (SSSR count). The van der Waals surface area contributed by atoms with E-state index < -0.39 is 23.1 Å². The van der Waals surface area contributed by atoms with Gasteiger partial charge in [-0.1, -0.05) is 49.4 Å². The molecule has 9 nitrogen and oxygen atoms in total. The van der Waals surface area contributed by atoms with Crippen LogP contribution in [0.15, 0.2) is 60.0 Å². The molecular weight excluding hydrogens is 444 g/mol. The molecule has 0 aliphatic heterocycles. The topological polar surface area (TPSA) is 126 Å². The van der Waals surface area contributed by atoms with E-state index in [0.717, 1.165) is 27.6 Å². The van der Waals surface area contributed by atoms with Gasteiger partial charge in [-0.3, -0.25) is 10.1 Å². The van der Waals surface area contributed by atoms with Crippen molar-refractivity contribution in [3.8, 4) is 0 Å². The maximum atomic E-state index is 12.1. The monoisotopic (exact) mass is 468 g/mol. The number of non-ortho nitro benzene ring substituents is 1. The molecule has 0 bridgehead atoms. The Balaban J connectivity index is 1.87. The van der Waals surface area contributed by atoms with E-state index in [9.17, 15) is 24.8 Å². The molecule has 1 aromatic heterocycles. The lowest BCUT2D eigenvalue weighted by molar-refractivity contribution is -0.384. The minimum absolute atomic E-state index is 0.0266. The summed E-state index contributed by atoms with van der Waals surface area (Å²) in [5.41, 5.74) is 5.19. The molecule has 2 unspecified atom stereocenters. The van der Waals surface area contributed by atoms with Gasteiger partial charge in [-0.25, -0.2) is 20.2 Å². The maximum Gasteiger partial charge on any atom is 0.422 e. The zero-order chi connectivity index (χ0) is 23.8. The van der Waals surface area contributed by atoms with Gasteiger partial charge in [0, 0.05) is 23.9 Å². The first kappa shape index (κ1) is 24.0. The van der Waals surface area contributed by atoms with Crippen molar-refractivity contribution in [2.75, 3.05) is 0 Å². The lowest BCUT2D eigenvalue weighted by Crippen LogP contribution is -2.52. The summed E-state index contributed by atoms with van der Waals surface area (Å²) < 4.78 is 0. The van der Waals surface area contributed by atoms with Gasteiger partial charge in [-0.15, -0.1) is 11.3 Å². The molecule has 0 radical (unpaired) electrons. The number of nitro groups is 1. The summed E-state index contributed by atoms with van der Waals surface area (Å²) in [5.74, 6) is 0. The lowest BCUT2D eigenvalue weighted by Gasteiger charge is -2.30. The Morgan fingerprint density at radius 3 is 2.39 bits per heavy atom. The zero-order valence-electron chi connectivity index (χ0n) is 18.0. The van der Waals surface area contributed by atoms with Crippen LogP contribution in [-0.4, -0.2) is 38.4 Å². The SMILES string of the molecule is CCc1nc(C(Cc2ccc([N+](=O)[O-])cc2)NN(C(=O)O)C(C=O)Cc2ccccc2)cs1. The van der Waals surface area contributed by atoms with Gasteiger partial charge in [-0.2, -0.15) is 0 Å². The summed E-state index contributed by atoms with van der Waals surface area (Å²) in [6.07, 6.45) is 0.595. The van der Waals surface area contributed by atoms with Crippen LogP contribution in [0, 0.1) is 10.1 Å². The highest BCUT2D eigenvalue weighted by atomic mass is 32.1. The Hall–Kier alpha value is -3.63. The Morgan fingerprint density at radius 1 is 1.18 bits per heavy atom. The van der Waals surface area contributed by atoms with Gasteiger partial charge in [0.1, 0.15) is 12.3 Å². The molecule has 3 aromatic rings. The van der Waals surface area contributed by atoms with E-state index in [1.54, 1.807) is 12.1 Å². The molecule has 10 heteroatoms. The summed E-state index contributed by atoms with van der Waals surface area (Å²) in [6.45, 7) is 1.98. The number of carboxylic acid groups (broad SMARTS) is 1. The Labute approximate surface area is 194 Å². The Morgan fingerprint density at radius 2 is 1.85 bits per heavy atom. The highest BCUT2D eigenvalue weighted by Crippen LogP contribution is 2.24. The summed E-state index contributed by atoms with van der Waals surface area (Å²) in [7, 11) is 0. The van der Waals surface area contributed by atoms with Gasteiger partial charge >= 0.3 is 6.09 Å². The number of aromatic nitrogens is 1. The molecule has 1 amide bonds. The summed E-state index contributed by atoms with van der Waals surface area (Å²) in [6, 6.07) is 13.7. The van der Waals surface area contributed by atoms with Crippen molar-refractivity contribution in [3.63, 3.8) is 0 Å². The molecule has 0 aliphatic carbocycles. The fourth-order valence-corrected chi connectivity index (χ4v) is 4.17. The number of benzene rings is 2. The third-order valence-electron chi connectivity index (χ3n) is 5.09. The summed E-state index contributed by atoms with van der Waals surface area (Å²) in [4.78, 5) is 39.0. The first-order chi connectivity index (χ1) is 15.9. The molecule has 0 aliphatic rings. The second-order valence-electron chi connectivity index (χ2n) is 7.37. The second kappa shape index (κ2) is 11.3. The van der Waals surface area contributed by atoms with Gasteiger partial charge in [0.15, 0.2) is 0 Å². The van der Waals surface area contributed by atoms with Crippen LogP contribution < -0.4 is 5.43 Å². The second-order valence-corrected chi connectivity index (χ2v) is 8.32. The third-order valence-corrected chi connectivity index (χ3v) is 6.10. The van der Waals surface area contributed by atoms with Crippen molar-refractivity contribution in [3.05, 3.63) is 91.9 Å². The number of carbonyl (C=O) groups excluding carboxylic acids is 1. The van der Waals surface area contributed by atoms with Crippen molar-refractivity contribution in [2.45, 2.75) is 38.3 Å². The van der Waals surface area contributed by atoms with Crippen LogP contribution in [0.1, 0.15) is 34.8 Å². The molecular formula is C23H24N4O5S. The predicted octanol–water partition coefficient (Wildman–Crippen LogP) is 4.19. The molecule has 2 N–H and O–H groups in total. The number of nitro benzene ring substituents is 1. The largest absolute Gasteiger partial charge is 0.464 e. The number of thiazole rings is 1. The number of hydrazine groups is 1. The van der Waals surface area contributed by atoms with Crippen LogP contribution in [0.25, 0.3) is 0 Å². The van der Waals surface area contributed by atoms with E-state index in [1.165, 1.54) is 23.5 Å². The molecule has 0 saturated heterocycles. The average Bonchev–Trinajstić information content (AvgIpc) is 3.30. The van der Waals surface area contributed by atoms with Gasteiger partial charge in [0.25, 0.3) is 5.69 Å². The number of rotatable bonds is 11. The zero-order valence-corrected chi connectivity index (χ0v) is 18.8. The van der Waals surface area contributed by atoms with Crippen LogP contribution in [-0.2, 0) is 24.1 Å². The molecule has 33 heavy (non-hydrogen) atoms. The quantitative estimate of drug-likeness (QED) is 0.245. The first-order valence-corrected chi connectivity index (χ1v) is 11.2. The van der Waals surface area contributed by atoms with E-state index >= 15 is 0 Å². The molecule has 0 fully saturated rings. The summed E-state index contributed by atoms with van der Waals surface area (Å²) in [5, 5.41) is 24.5. The van der Waals surface area contributed by atoms with Gasteiger partial charge in [-0.05, 0) is 24.0 Å². The molecule has 2 atom stereocenters. The standard InChI is InChI=1S/C23H24N4O5S/c1-2-22-24-21(15-33-22)20(13-17-8-10-18(11-9-17)27(31)32)25-26(23(29)30)19(14-28)12-16-6-4-3-5-7-16/h3-11,14-15,19-20,25H,2,12-13H2,1H3,(H,29,30). The number of hydrogen-bond acceptors (Lipinski definition) is 7. The molecule has 1 heterocycles. The number of aryl methyl sites for hydroxylation is 1. The van der Waals surface area contributed by atoms with Gasteiger partial charge in [0.05, 0.1) is 21.7 Å². The van der Waals surface area contributed by atoms with E-state index in [4.69, 9.17) is 0 Å². The number of aldehydes is 1. The summed E-state index contributed by atoms with van der Waals surface area (Å²) >= 11 is 1.47. The lowest BCUT2D eigenvalue weighted by atomic mass is 10.0. The Kier molecular flexibility index (Phi) is 8.22. The van der Waals surface area contributed by atoms with Crippen LogP contribution >= 0.6 is 11.3 Å². The number of nitrogens with zero attached hydrogens (tertiary/aromatic N) is 3. The van der Waals surface area contributed by atoms with E-state index in [1.807, 2.05) is 42.6 Å². The minimum Gasteiger partial charge on any atom is -0.464 e. The van der Waals surface area contributed by atoms with E-state index in [2.05, 4.69) is 10.4 Å². The van der Waals surface area contributed by atoms with E-state index in [0.29, 0.717) is 18.4 Å². The molecule has 172 valence electrons. The van der Waals surface area contributed by atoms with Crippen molar-refractivity contribution >= 4 is 29.4 Å². The van der Waals surface area contributed by atoms with Crippen LogP contribution in [0.4, 0.5) is 10.5 Å². The van der Waals surface area contributed by atoms with Crippen LogP contribution in [0.5, 0.6) is 0 Å². The highest BCUT2D eigenvalue weighted by Gasteiger charge is 2.28. The predicted molar refractivity (Wildman–Crippen MR) is 124 cm³/mol. The van der Waals surface area contributed by atoms with Gasteiger partial charge < -0.3 is 9.90 Å². The fraction of sp³-hybridized carbons (Fsp3) is 0.261. The number of carbonyl (C=O) groups is 2. The number of nitrogens with one attached hydrogen (secondary N) is 1. The molecule has 2 aromatic carbocycles. The van der Waals surface area contributed by atoms with E-state index in [-0.39, 0.29) is 12.1 Å². The number of amides is 1.